The molecule has 1 aromatic carbocycles. The number of pyridine rings is 1. The average Bonchev–Trinajstić information content (AvgIpc) is 2.61. The molecule has 4 heteroatoms. The van der Waals surface area contributed by atoms with E-state index in [1.54, 1.807) is 0 Å². The first-order chi connectivity index (χ1) is 10.0. The van der Waals surface area contributed by atoms with Crippen LogP contribution in [0, 0.1) is 0 Å². The number of benzene rings is 1. The van der Waals surface area contributed by atoms with Crippen LogP contribution in [0.3, 0.4) is 0 Å². The Balaban J connectivity index is 1.79. The third kappa shape index (κ3) is 3.54. The fourth-order valence-corrected chi connectivity index (χ4v) is 3.17. The number of hydrogen-bond donors (Lipinski definition) is 1. The molecule has 0 aliphatic carbocycles. The number of aliphatic hydroxyl groups is 1. The molecule has 3 nitrogen and oxygen atoms in total. The van der Waals surface area contributed by atoms with Gasteiger partial charge in [0.2, 0.25) is 0 Å². The second kappa shape index (κ2) is 5.91. The molecule has 112 valence electrons. The van der Waals surface area contributed by atoms with Crippen LogP contribution in [-0.2, 0) is 6.54 Å². The molecule has 1 aliphatic heterocycles. The molecule has 3 rings (SSSR count). The maximum absolute atomic E-state index is 10.2. The summed E-state index contributed by atoms with van der Waals surface area (Å²) in [5.41, 5.74) is 1.47. The summed E-state index contributed by atoms with van der Waals surface area (Å²) in [5, 5.41) is 11.9. The van der Waals surface area contributed by atoms with Gasteiger partial charge in [0.1, 0.15) is 5.15 Å². The highest BCUT2D eigenvalue weighted by molar-refractivity contribution is 6.30. The van der Waals surface area contributed by atoms with Gasteiger partial charge < -0.3 is 5.11 Å². The van der Waals surface area contributed by atoms with E-state index in [2.05, 4.69) is 22.0 Å². The van der Waals surface area contributed by atoms with Crippen molar-refractivity contribution in [2.24, 2.45) is 0 Å². The first-order valence-corrected chi connectivity index (χ1v) is 7.90. The van der Waals surface area contributed by atoms with E-state index in [9.17, 15) is 5.11 Å². The van der Waals surface area contributed by atoms with Gasteiger partial charge in [-0.2, -0.15) is 0 Å². The minimum Gasteiger partial charge on any atom is -0.390 e. The zero-order valence-corrected chi connectivity index (χ0v) is 13.1. The second-order valence-electron chi connectivity index (χ2n) is 6.26. The van der Waals surface area contributed by atoms with Crippen molar-refractivity contribution < 1.29 is 5.11 Å². The predicted octanol–water partition coefficient (Wildman–Crippen LogP) is 3.63. The molecule has 0 amide bonds. The number of aromatic nitrogens is 1. The monoisotopic (exact) mass is 304 g/mol. The highest BCUT2D eigenvalue weighted by atomic mass is 35.5. The summed E-state index contributed by atoms with van der Waals surface area (Å²) in [6.07, 6.45) is 2.70. The van der Waals surface area contributed by atoms with Gasteiger partial charge >= 0.3 is 0 Å². The molecule has 1 N–H and O–H groups in total. The first-order valence-electron chi connectivity index (χ1n) is 7.52. The average molecular weight is 305 g/mol. The van der Waals surface area contributed by atoms with Gasteiger partial charge in [-0.15, -0.1) is 0 Å². The predicted molar refractivity (Wildman–Crippen MR) is 86.5 cm³/mol. The minimum atomic E-state index is -0.528. The molecule has 2 heterocycles. The molecule has 0 bridgehead atoms. The smallest absolute Gasteiger partial charge is 0.134 e. The molecule has 1 aromatic heterocycles. The van der Waals surface area contributed by atoms with Crippen molar-refractivity contribution in [3.05, 3.63) is 41.0 Å². The zero-order chi connectivity index (χ0) is 14.9. The lowest BCUT2D eigenvalue weighted by Crippen LogP contribution is -2.28. The topological polar surface area (TPSA) is 36.4 Å². The second-order valence-corrected chi connectivity index (χ2v) is 6.62. The number of fused-ring (bicyclic) bond motifs is 1. The minimum absolute atomic E-state index is 0.528. The summed E-state index contributed by atoms with van der Waals surface area (Å²) in [4.78, 5) is 6.84. The number of para-hydroxylation sites is 1. The maximum atomic E-state index is 10.2. The lowest BCUT2D eigenvalue weighted by Gasteiger charge is -2.22. The van der Waals surface area contributed by atoms with Gasteiger partial charge in [-0.05, 0) is 44.9 Å². The Morgan fingerprint density at radius 1 is 1.29 bits per heavy atom. The van der Waals surface area contributed by atoms with Crippen molar-refractivity contribution in [3.8, 4) is 0 Å². The van der Waals surface area contributed by atoms with Crippen LogP contribution < -0.4 is 0 Å². The van der Waals surface area contributed by atoms with Gasteiger partial charge in [0.15, 0.2) is 0 Å². The van der Waals surface area contributed by atoms with Gasteiger partial charge in [0.05, 0.1) is 11.1 Å². The summed E-state index contributed by atoms with van der Waals surface area (Å²) in [7, 11) is 0. The van der Waals surface area contributed by atoms with Crippen LogP contribution in [-0.4, -0.2) is 33.7 Å². The van der Waals surface area contributed by atoms with Crippen molar-refractivity contribution in [3.63, 3.8) is 0 Å². The van der Waals surface area contributed by atoms with E-state index >= 15 is 0 Å². The summed E-state index contributed by atoms with van der Waals surface area (Å²) < 4.78 is 0. The highest BCUT2D eigenvalue weighted by Crippen LogP contribution is 2.25. The Morgan fingerprint density at radius 2 is 2.10 bits per heavy atom. The van der Waals surface area contributed by atoms with Gasteiger partial charge in [0, 0.05) is 24.0 Å². The van der Waals surface area contributed by atoms with E-state index < -0.39 is 5.60 Å². The normalized spacial score (nSPS) is 24.1. The molecule has 1 fully saturated rings. The van der Waals surface area contributed by atoms with E-state index in [-0.39, 0.29) is 0 Å². The lowest BCUT2D eigenvalue weighted by molar-refractivity contribution is 0.0444. The highest BCUT2D eigenvalue weighted by Gasteiger charge is 2.25. The van der Waals surface area contributed by atoms with Crippen LogP contribution >= 0.6 is 11.6 Å². The number of rotatable bonds is 2. The van der Waals surface area contributed by atoms with Crippen LogP contribution in [0.2, 0.25) is 5.15 Å². The Hall–Kier alpha value is -1.16. The number of likely N-dealkylation sites (tertiary alicyclic amines) is 1. The van der Waals surface area contributed by atoms with Crippen molar-refractivity contribution in [2.45, 2.75) is 38.3 Å². The Morgan fingerprint density at radius 3 is 2.95 bits per heavy atom. The summed E-state index contributed by atoms with van der Waals surface area (Å²) in [6.45, 7) is 4.63. The van der Waals surface area contributed by atoms with E-state index in [1.165, 1.54) is 0 Å². The van der Waals surface area contributed by atoms with E-state index in [4.69, 9.17) is 11.6 Å². The van der Waals surface area contributed by atoms with Gasteiger partial charge in [-0.1, -0.05) is 29.8 Å². The van der Waals surface area contributed by atoms with E-state index in [0.717, 1.165) is 55.4 Å². The van der Waals surface area contributed by atoms with Crippen molar-refractivity contribution in [2.75, 3.05) is 13.1 Å². The van der Waals surface area contributed by atoms with Gasteiger partial charge in [0.25, 0.3) is 0 Å². The summed E-state index contributed by atoms with van der Waals surface area (Å²) in [6, 6.07) is 10.2. The molecule has 2 aromatic rings. The quantitative estimate of drug-likeness (QED) is 0.861. The summed E-state index contributed by atoms with van der Waals surface area (Å²) >= 11 is 6.33. The lowest BCUT2D eigenvalue weighted by atomic mass is 9.98. The van der Waals surface area contributed by atoms with Crippen molar-refractivity contribution in [1.29, 1.82) is 0 Å². The van der Waals surface area contributed by atoms with Crippen LogP contribution in [0.4, 0.5) is 0 Å². The van der Waals surface area contributed by atoms with Crippen LogP contribution in [0.25, 0.3) is 10.9 Å². The van der Waals surface area contributed by atoms with Gasteiger partial charge in [-0.25, -0.2) is 4.98 Å². The van der Waals surface area contributed by atoms with E-state index in [0.29, 0.717) is 5.15 Å². The van der Waals surface area contributed by atoms with Crippen molar-refractivity contribution >= 4 is 22.5 Å². The zero-order valence-electron chi connectivity index (χ0n) is 12.3. The molecular formula is C17H21ClN2O. The molecule has 0 saturated carbocycles. The molecular weight excluding hydrogens is 284 g/mol. The third-order valence-electron chi connectivity index (χ3n) is 4.30. The van der Waals surface area contributed by atoms with Gasteiger partial charge in [-0.3, -0.25) is 4.90 Å². The standard InChI is InChI=1S/C17H21ClN2O/c1-17(21)7-4-9-20(10-8-17)12-14-11-13-5-2-3-6-15(13)19-16(14)18/h2-3,5-6,11,21H,4,7-10,12H2,1H3. The van der Waals surface area contributed by atoms with Crippen LogP contribution in [0.5, 0.6) is 0 Å². The number of nitrogens with zero attached hydrogens (tertiary/aromatic N) is 2. The molecule has 1 unspecified atom stereocenters. The Bertz CT molecular complexity index is 642. The fourth-order valence-electron chi connectivity index (χ4n) is 2.97. The first kappa shape index (κ1) is 14.8. The summed E-state index contributed by atoms with van der Waals surface area (Å²) in [5.74, 6) is 0. The molecule has 1 atom stereocenters. The third-order valence-corrected chi connectivity index (χ3v) is 4.63. The molecule has 21 heavy (non-hydrogen) atoms. The molecule has 0 radical (unpaired) electrons. The number of halogens is 1. The Kier molecular flexibility index (Phi) is 4.16. The van der Waals surface area contributed by atoms with Crippen molar-refractivity contribution in [1.82, 2.24) is 9.88 Å². The fraction of sp³-hybridized carbons (Fsp3) is 0.471. The molecule has 0 spiro atoms. The largest absolute Gasteiger partial charge is 0.390 e. The number of hydrogen-bond acceptors (Lipinski definition) is 3. The van der Waals surface area contributed by atoms with E-state index in [1.807, 2.05) is 25.1 Å². The maximum Gasteiger partial charge on any atom is 0.134 e. The van der Waals surface area contributed by atoms with Crippen LogP contribution in [0.1, 0.15) is 31.7 Å². The Labute approximate surface area is 130 Å². The molecule has 1 saturated heterocycles. The van der Waals surface area contributed by atoms with Crippen LogP contribution in [0.15, 0.2) is 30.3 Å². The SMILES string of the molecule is CC1(O)CCCN(Cc2cc3ccccc3nc2Cl)CC1. The molecule has 1 aliphatic rings.